The molecular weight excluding hydrogens is 503 g/mol. The van der Waals surface area contributed by atoms with E-state index in [9.17, 15) is 14.0 Å². The predicted octanol–water partition coefficient (Wildman–Crippen LogP) is 3.83. The SMILES string of the molecule is Cc1c(/C=C2\C(=O)Nc3c(Br)cc(F)cc32)[nH]c2c1C(=O)N(CCCN1CCOCC1)CCC2. The molecule has 0 spiro atoms. The number of aromatic nitrogens is 1. The van der Waals surface area contributed by atoms with Crippen molar-refractivity contribution in [1.82, 2.24) is 14.8 Å². The molecule has 4 heterocycles. The van der Waals surface area contributed by atoms with E-state index in [1.807, 2.05) is 11.8 Å². The van der Waals surface area contributed by atoms with E-state index in [2.05, 4.69) is 31.1 Å². The normalized spacial score (nSPS) is 19.9. The number of aryl methyl sites for hydroxylation is 1. The van der Waals surface area contributed by atoms with E-state index in [0.717, 1.165) is 76.5 Å². The second-order valence-electron chi connectivity index (χ2n) is 9.04. The molecule has 0 bridgehead atoms. The second kappa shape index (κ2) is 9.64. The van der Waals surface area contributed by atoms with Gasteiger partial charge in [-0.05, 0) is 65.9 Å². The topological polar surface area (TPSA) is 77.7 Å². The van der Waals surface area contributed by atoms with Crippen LogP contribution >= 0.6 is 15.9 Å². The molecule has 1 saturated heterocycles. The number of ether oxygens (including phenoxy) is 1. The van der Waals surface area contributed by atoms with Gasteiger partial charge in [-0.25, -0.2) is 4.39 Å². The number of nitrogens with zero attached hydrogens (tertiary/aromatic N) is 2. The van der Waals surface area contributed by atoms with E-state index < -0.39 is 5.82 Å². The molecule has 1 fully saturated rings. The molecule has 34 heavy (non-hydrogen) atoms. The number of aromatic amines is 1. The van der Waals surface area contributed by atoms with Crippen LogP contribution in [0.3, 0.4) is 0 Å². The zero-order valence-corrected chi connectivity index (χ0v) is 20.8. The molecule has 0 atom stereocenters. The fourth-order valence-electron chi connectivity index (χ4n) is 5.03. The van der Waals surface area contributed by atoms with Crippen LogP contribution in [0.1, 0.15) is 45.7 Å². The lowest BCUT2D eigenvalue weighted by Crippen LogP contribution is -2.39. The molecule has 0 aliphatic carbocycles. The lowest BCUT2D eigenvalue weighted by Gasteiger charge is -2.28. The summed E-state index contributed by atoms with van der Waals surface area (Å²) >= 11 is 3.32. The highest BCUT2D eigenvalue weighted by atomic mass is 79.9. The highest BCUT2D eigenvalue weighted by Gasteiger charge is 2.30. The summed E-state index contributed by atoms with van der Waals surface area (Å²) in [7, 11) is 0. The van der Waals surface area contributed by atoms with Crippen molar-refractivity contribution in [1.29, 1.82) is 0 Å². The van der Waals surface area contributed by atoms with Crippen molar-refractivity contribution in [2.24, 2.45) is 0 Å². The Morgan fingerprint density at radius 2 is 1.97 bits per heavy atom. The molecule has 3 aliphatic heterocycles. The third-order valence-corrected chi connectivity index (χ3v) is 7.47. The average Bonchev–Trinajstić information content (AvgIpc) is 3.23. The van der Waals surface area contributed by atoms with Crippen LogP contribution in [0.5, 0.6) is 0 Å². The Kier molecular flexibility index (Phi) is 6.59. The maximum Gasteiger partial charge on any atom is 0.256 e. The quantitative estimate of drug-likeness (QED) is 0.576. The van der Waals surface area contributed by atoms with Crippen LogP contribution in [0.4, 0.5) is 10.1 Å². The first-order valence-electron chi connectivity index (χ1n) is 11.8. The first-order chi connectivity index (χ1) is 16.4. The van der Waals surface area contributed by atoms with Gasteiger partial charge in [0.05, 0.1) is 30.0 Å². The smallest absolute Gasteiger partial charge is 0.256 e. The van der Waals surface area contributed by atoms with Gasteiger partial charge in [0.25, 0.3) is 11.8 Å². The monoisotopic (exact) mass is 530 g/mol. The van der Waals surface area contributed by atoms with Crippen molar-refractivity contribution in [2.45, 2.75) is 26.2 Å². The summed E-state index contributed by atoms with van der Waals surface area (Å²) < 4.78 is 19.9. The summed E-state index contributed by atoms with van der Waals surface area (Å²) in [4.78, 5) is 33.8. The Balaban J connectivity index is 1.37. The molecular formula is C25H28BrFN4O3. The van der Waals surface area contributed by atoms with Gasteiger partial charge < -0.3 is 19.9 Å². The average molecular weight is 531 g/mol. The number of hydrogen-bond donors (Lipinski definition) is 2. The molecule has 0 unspecified atom stereocenters. The van der Waals surface area contributed by atoms with Gasteiger partial charge >= 0.3 is 0 Å². The van der Waals surface area contributed by atoms with Crippen molar-refractivity contribution in [3.63, 3.8) is 0 Å². The lowest BCUT2D eigenvalue weighted by molar-refractivity contribution is -0.110. The molecule has 3 aliphatic rings. The molecule has 2 N–H and O–H groups in total. The van der Waals surface area contributed by atoms with Crippen LogP contribution in [0.2, 0.25) is 0 Å². The Morgan fingerprint density at radius 3 is 2.76 bits per heavy atom. The van der Waals surface area contributed by atoms with Crippen molar-refractivity contribution in [3.8, 4) is 0 Å². The van der Waals surface area contributed by atoms with Crippen LogP contribution in [0, 0.1) is 12.7 Å². The number of morpholine rings is 1. The summed E-state index contributed by atoms with van der Waals surface area (Å²) in [5, 5.41) is 2.80. The number of halogens is 2. The summed E-state index contributed by atoms with van der Waals surface area (Å²) in [5.41, 5.74) is 4.60. The largest absolute Gasteiger partial charge is 0.379 e. The molecule has 2 amide bonds. The number of amides is 2. The Hall–Kier alpha value is -2.49. The van der Waals surface area contributed by atoms with Gasteiger partial charge in [0.1, 0.15) is 5.82 Å². The summed E-state index contributed by atoms with van der Waals surface area (Å²) in [6, 6.07) is 2.69. The van der Waals surface area contributed by atoms with Gasteiger partial charge in [-0.1, -0.05) is 0 Å². The van der Waals surface area contributed by atoms with Crippen LogP contribution in [0.25, 0.3) is 11.6 Å². The summed E-state index contributed by atoms with van der Waals surface area (Å²) in [6.07, 6.45) is 4.31. The molecule has 2 aromatic rings. The van der Waals surface area contributed by atoms with Crippen LogP contribution < -0.4 is 5.32 Å². The first kappa shape index (κ1) is 23.3. The van der Waals surface area contributed by atoms with Crippen LogP contribution in [0.15, 0.2) is 16.6 Å². The number of nitrogens with one attached hydrogen (secondary N) is 2. The van der Waals surface area contributed by atoms with Crippen LogP contribution in [-0.2, 0) is 16.0 Å². The fourth-order valence-corrected chi connectivity index (χ4v) is 5.57. The number of benzene rings is 1. The molecule has 180 valence electrons. The molecule has 1 aromatic heterocycles. The van der Waals surface area contributed by atoms with Gasteiger partial charge in [0.15, 0.2) is 0 Å². The highest BCUT2D eigenvalue weighted by molar-refractivity contribution is 9.10. The Labute approximate surface area is 206 Å². The third-order valence-electron chi connectivity index (χ3n) is 6.85. The van der Waals surface area contributed by atoms with Crippen molar-refractivity contribution in [3.05, 3.63) is 50.5 Å². The van der Waals surface area contributed by atoms with E-state index in [1.54, 1.807) is 6.08 Å². The minimum absolute atomic E-state index is 0.0398. The minimum Gasteiger partial charge on any atom is -0.379 e. The Bertz CT molecular complexity index is 1170. The van der Waals surface area contributed by atoms with E-state index in [4.69, 9.17) is 4.74 Å². The zero-order valence-electron chi connectivity index (χ0n) is 19.2. The van der Waals surface area contributed by atoms with E-state index in [0.29, 0.717) is 32.6 Å². The van der Waals surface area contributed by atoms with E-state index in [-0.39, 0.29) is 11.8 Å². The number of rotatable bonds is 5. The van der Waals surface area contributed by atoms with Gasteiger partial charge in [-0.2, -0.15) is 0 Å². The molecule has 7 nitrogen and oxygen atoms in total. The van der Waals surface area contributed by atoms with Crippen molar-refractivity contribution < 1.29 is 18.7 Å². The predicted molar refractivity (Wildman–Crippen MR) is 132 cm³/mol. The second-order valence-corrected chi connectivity index (χ2v) is 9.90. The lowest BCUT2D eigenvalue weighted by atomic mass is 10.0. The maximum atomic E-state index is 14.0. The van der Waals surface area contributed by atoms with Gasteiger partial charge in [-0.3, -0.25) is 14.5 Å². The molecule has 0 radical (unpaired) electrons. The maximum absolute atomic E-state index is 14.0. The number of fused-ring (bicyclic) bond motifs is 2. The first-order valence-corrected chi connectivity index (χ1v) is 12.5. The molecule has 1 aromatic carbocycles. The van der Waals surface area contributed by atoms with Gasteiger partial charge in [-0.15, -0.1) is 0 Å². The standard InChI is InChI=1S/C25H28BrFN4O3/c1-15-21(14-18-17-12-16(27)13-19(26)23(17)29-24(18)32)28-20-4-2-6-31(25(33)22(15)20)7-3-5-30-8-10-34-11-9-30/h12-14,28H,2-11H2,1H3,(H,29,32)/b18-14-. The van der Waals surface area contributed by atoms with Crippen molar-refractivity contribution in [2.75, 3.05) is 51.3 Å². The zero-order chi connectivity index (χ0) is 23.8. The van der Waals surface area contributed by atoms with Crippen LogP contribution in [-0.4, -0.2) is 72.5 Å². The van der Waals surface area contributed by atoms with Gasteiger partial charge in [0, 0.05) is 54.1 Å². The summed E-state index contributed by atoms with van der Waals surface area (Å²) in [6.45, 7) is 7.78. The molecule has 5 rings (SSSR count). The number of carbonyl (C=O) groups is 2. The molecule has 0 saturated carbocycles. The highest BCUT2D eigenvalue weighted by Crippen LogP contribution is 2.39. The van der Waals surface area contributed by atoms with Gasteiger partial charge in [0.2, 0.25) is 0 Å². The number of anilines is 1. The fraction of sp³-hybridized carbons (Fsp3) is 0.440. The number of carbonyl (C=O) groups excluding carboxylic acids is 2. The number of H-pyrrole nitrogens is 1. The van der Waals surface area contributed by atoms with Crippen molar-refractivity contribution >= 4 is 45.1 Å². The number of hydrogen-bond acceptors (Lipinski definition) is 4. The molecule has 9 heteroatoms. The third kappa shape index (κ3) is 4.44. The van der Waals surface area contributed by atoms with E-state index in [1.165, 1.54) is 12.1 Å². The minimum atomic E-state index is -0.421. The van der Waals surface area contributed by atoms with E-state index >= 15 is 0 Å². The Morgan fingerprint density at radius 1 is 1.18 bits per heavy atom. The summed E-state index contributed by atoms with van der Waals surface area (Å²) in [5.74, 6) is -0.672.